The Hall–Kier alpha value is -1.34. The number of nitrogens with one attached hydrogen (secondary N) is 2. The Bertz CT molecular complexity index is 500. The molecule has 1 aromatic heterocycles. The molecule has 7 heteroatoms. The van der Waals surface area contributed by atoms with Gasteiger partial charge in [0.2, 0.25) is 10.0 Å². The van der Waals surface area contributed by atoms with Crippen LogP contribution in [0.1, 0.15) is 27.7 Å². The highest BCUT2D eigenvalue weighted by molar-refractivity contribution is 7.89. The summed E-state index contributed by atoms with van der Waals surface area (Å²) in [5, 5.41) is 0. The van der Waals surface area contributed by atoms with Crippen LogP contribution in [-0.4, -0.2) is 31.0 Å². The van der Waals surface area contributed by atoms with Gasteiger partial charge in [0.05, 0.1) is 4.90 Å². The monoisotopic (exact) mass is 274 g/mol. The maximum Gasteiger partial charge on any atom is 0.324 e. The molecule has 0 saturated carbocycles. The fraction of sp³-hybridized carbons (Fsp3) is 0.545. The normalized spacial score (nSPS) is 14.2. The number of carbonyl (C=O) groups excluding carboxylic acids is 1. The Labute approximate surface area is 107 Å². The highest BCUT2D eigenvalue weighted by Gasteiger charge is 2.26. The van der Waals surface area contributed by atoms with Gasteiger partial charge in [-0.05, 0) is 33.8 Å². The predicted octanol–water partition coefficient (Wildman–Crippen LogP) is 1.02. The molecule has 6 nitrogen and oxygen atoms in total. The molecule has 0 aliphatic carbocycles. The summed E-state index contributed by atoms with van der Waals surface area (Å²) in [6.45, 7) is 6.60. The van der Waals surface area contributed by atoms with E-state index in [0.29, 0.717) is 0 Å². The molecule has 2 N–H and O–H groups in total. The van der Waals surface area contributed by atoms with Crippen LogP contribution in [0.5, 0.6) is 0 Å². The summed E-state index contributed by atoms with van der Waals surface area (Å²) in [6.07, 6.45) is 2.83. The van der Waals surface area contributed by atoms with Crippen LogP contribution in [-0.2, 0) is 19.6 Å². The molecular weight excluding hydrogens is 256 g/mol. The molecule has 0 aliphatic heterocycles. The summed E-state index contributed by atoms with van der Waals surface area (Å²) in [5.74, 6) is -0.610. The average Bonchev–Trinajstić information content (AvgIpc) is 2.66. The Kier molecular flexibility index (Phi) is 4.18. The van der Waals surface area contributed by atoms with Gasteiger partial charge in [-0.15, -0.1) is 0 Å². The standard InChI is InChI=1S/C11H18N2O4S/c1-8(10(14)17-11(2,3)4)13-18(15,16)9-5-6-12-7-9/h5-8,12-13H,1-4H3/t8-/m0/s1. The van der Waals surface area contributed by atoms with E-state index in [0.717, 1.165) is 0 Å². The van der Waals surface area contributed by atoms with E-state index in [2.05, 4.69) is 9.71 Å². The fourth-order valence-electron chi connectivity index (χ4n) is 1.21. The van der Waals surface area contributed by atoms with Gasteiger partial charge in [-0.25, -0.2) is 8.42 Å². The number of aromatic nitrogens is 1. The lowest BCUT2D eigenvalue weighted by Gasteiger charge is -2.22. The number of hydrogen-bond donors (Lipinski definition) is 2. The minimum atomic E-state index is -3.70. The summed E-state index contributed by atoms with van der Waals surface area (Å²) in [6, 6.07) is 0.466. The quantitative estimate of drug-likeness (QED) is 0.802. The third-order valence-corrected chi connectivity index (χ3v) is 3.51. The fourth-order valence-corrected chi connectivity index (χ4v) is 2.38. The van der Waals surface area contributed by atoms with Crippen molar-refractivity contribution in [1.29, 1.82) is 0 Å². The van der Waals surface area contributed by atoms with Gasteiger partial charge < -0.3 is 9.72 Å². The second kappa shape index (κ2) is 5.11. The van der Waals surface area contributed by atoms with Crippen LogP contribution in [0.3, 0.4) is 0 Å². The largest absolute Gasteiger partial charge is 0.459 e. The van der Waals surface area contributed by atoms with E-state index in [1.54, 1.807) is 20.8 Å². The molecule has 0 radical (unpaired) electrons. The van der Waals surface area contributed by atoms with Gasteiger partial charge in [0, 0.05) is 12.4 Å². The summed E-state index contributed by atoms with van der Waals surface area (Å²) in [7, 11) is -3.70. The molecule has 1 atom stereocenters. The van der Waals surface area contributed by atoms with Crippen molar-refractivity contribution in [2.75, 3.05) is 0 Å². The molecule has 1 rings (SSSR count). The Morgan fingerprint density at radius 3 is 2.50 bits per heavy atom. The van der Waals surface area contributed by atoms with Gasteiger partial charge in [0.1, 0.15) is 11.6 Å². The first-order chi connectivity index (χ1) is 8.12. The summed E-state index contributed by atoms with van der Waals surface area (Å²) >= 11 is 0. The minimum absolute atomic E-state index is 0.0814. The van der Waals surface area contributed by atoms with Crippen molar-refractivity contribution < 1.29 is 17.9 Å². The maximum atomic E-state index is 11.8. The summed E-state index contributed by atoms with van der Waals surface area (Å²) < 4.78 is 31.0. The van der Waals surface area contributed by atoms with Gasteiger partial charge in [0.15, 0.2) is 0 Å². The van der Waals surface area contributed by atoms with Crippen molar-refractivity contribution >= 4 is 16.0 Å². The SMILES string of the molecule is C[C@H](NS(=O)(=O)c1cc[nH]c1)C(=O)OC(C)(C)C. The Morgan fingerprint density at radius 1 is 1.44 bits per heavy atom. The third-order valence-electron chi connectivity index (χ3n) is 1.97. The zero-order valence-electron chi connectivity index (χ0n) is 10.9. The molecule has 0 saturated heterocycles. The molecular formula is C11H18N2O4S. The van der Waals surface area contributed by atoms with Crippen LogP contribution in [0, 0.1) is 0 Å². The number of sulfonamides is 1. The van der Waals surface area contributed by atoms with Crippen molar-refractivity contribution in [2.45, 2.75) is 44.2 Å². The van der Waals surface area contributed by atoms with Crippen LogP contribution in [0.2, 0.25) is 0 Å². The first kappa shape index (κ1) is 14.7. The lowest BCUT2D eigenvalue weighted by molar-refractivity contribution is -0.156. The molecule has 18 heavy (non-hydrogen) atoms. The zero-order valence-corrected chi connectivity index (χ0v) is 11.7. The van der Waals surface area contributed by atoms with Crippen LogP contribution in [0.15, 0.2) is 23.4 Å². The van der Waals surface area contributed by atoms with Gasteiger partial charge >= 0.3 is 5.97 Å². The number of ether oxygens (including phenoxy) is 1. The second-order valence-electron chi connectivity index (χ2n) is 4.92. The Balaban J connectivity index is 2.71. The van der Waals surface area contributed by atoms with Crippen LogP contribution in [0.25, 0.3) is 0 Å². The predicted molar refractivity (Wildman–Crippen MR) is 66.4 cm³/mol. The first-order valence-electron chi connectivity index (χ1n) is 5.50. The van der Waals surface area contributed by atoms with Gasteiger partial charge in [-0.3, -0.25) is 4.79 Å². The zero-order chi connectivity index (χ0) is 14.0. The van der Waals surface area contributed by atoms with Crippen LogP contribution in [0.4, 0.5) is 0 Å². The molecule has 1 aromatic rings. The van der Waals surface area contributed by atoms with Crippen molar-refractivity contribution in [2.24, 2.45) is 0 Å². The van der Waals surface area contributed by atoms with E-state index >= 15 is 0 Å². The highest BCUT2D eigenvalue weighted by Crippen LogP contribution is 2.11. The molecule has 1 heterocycles. The molecule has 102 valence electrons. The molecule has 0 fully saturated rings. The lowest BCUT2D eigenvalue weighted by Crippen LogP contribution is -2.42. The topological polar surface area (TPSA) is 88.3 Å². The number of hydrogen-bond acceptors (Lipinski definition) is 4. The number of esters is 1. The van der Waals surface area contributed by atoms with Crippen LogP contribution < -0.4 is 4.72 Å². The minimum Gasteiger partial charge on any atom is -0.459 e. The Morgan fingerprint density at radius 2 is 2.06 bits per heavy atom. The summed E-state index contributed by atoms with van der Waals surface area (Å²) in [5.41, 5.74) is -0.648. The van der Waals surface area contributed by atoms with E-state index in [1.165, 1.54) is 25.4 Å². The number of rotatable bonds is 4. The molecule has 0 spiro atoms. The van der Waals surface area contributed by atoms with E-state index in [1.807, 2.05) is 0 Å². The number of aromatic amines is 1. The van der Waals surface area contributed by atoms with E-state index in [9.17, 15) is 13.2 Å². The van der Waals surface area contributed by atoms with Gasteiger partial charge in [-0.1, -0.05) is 0 Å². The molecule has 0 aliphatic rings. The third kappa shape index (κ3) is 4.15. The molecule has 0 bridgehead atoms. The highest BCUT2D eigenvalue weighted by atomic mass is 32.2. The average molecular weight is 274 g/mol. The van der Waals surface area contributed by atoms with Crippen molar-refractivity contribution in [3.8, 4) is 0 Å². The van der Waals surface area contributed by atoms with Crippen LogP contribution >= 0.6 is 0 Å². The van der Waals surface area contributed by atoms with Crippen molar-refractivity contribution in [3.05, 3.63) is 18.5 Å². The molecule has 0 aromatic carbocycles. The second-order valence-corrected chi connectivity index (χ2v) is 6.64. The van der Waals surface area contributed by atoms with Crippen molar-refractivity contribution in [1.82, 2.24) is 9.71 Å². The van der Waals surface area contributed by atoms with E-state index in [-0.39, 0.29) is 4.90 Å². The number of H-pyrrole nitrogens is 1. The van der Waals surface area contributed by atoms with Gasteiger partial charge in [-0.2, -0.15) is 4.72 Å². The summed E-state index contributed by atoms with van der Waals surface area (Å²) in [4.78, 5) is 14.4. The van der Waals surface area contributed by atoms with Gasteiger partial charge in [0.25, 0.3) is 0 Å². The lowest BCUT2D eigenvalue weighted by atomic mass is 10.2. The maximum absolute atomic E-state index is 11.8. The van der Waals surface area contributed by atoms with E-state index in [4.69, 9.17) is 4.74 Å². The van der Waals surface area contributed by atoms with E-state index < -0.39 is 27.6 Å². The van der Waals surface area contributed by atoms with Crippen molar-refractivity contribution in [3.63, 3.8) is 0 Å². The first-order valence-corrected chi connectivity index (χ1v) is 6.98. The molecule has 0 unspecified atom stereocenters. The number of carbonyl (C=O) groups is 1. The smallest absolute Gasteiger partial charge is 0.324 e. The molecule has 0 amide bonds.